The molecule has 0 bridgehead atoms. The number of rotatable bonds is 3. The van der Waals surface area contributed by atoms with Crippen molar-refractivity contribution >= 4 is 11.6 Å². The Kier molecular flexibility index (Phi) is 2.66. The van der Waals surface area contributed by atoms with E-state index >= 15 is 0 Å². The summed E-state index contributed by atoms with van der Waals surface area (Å²) in [6, 6.07) is 5.76. The number of hydrogen-bond acceptors (Lipinski definition) is 2. The summed E-state index contributed by atoms with van der Waals surface area (Å²) >= 11 is 6.06. The third-order valence-corrected chi connectivity index (χ3v) is 2.60. The van der Waals surface area contributed by atoms with E-state index in [4.69, 9.17) is 22.1 Å². The summed E-state index contributed by atoms with van der Waals surface area (Å²) in [6.45, 7) is 1.94. The fourth-order valence-electron chi connectivity index (χ4n) is 1.26. The van der Waals surface area contributed by atoms with Gasteiger partial charge in [0.1, 0.15) is 5.75 Å². The van der Waals surface area contributed by atoms with Gasteiger partial charge in [0.05, 0.1) is 11.1 Å². The third-order valence-electron chi connectivity index (χ3n) is 2.30. The zero-order chi connectivity index (χ0) is 10.1. The molecular weight excluding hydrogens is 198 g/mol. The highest BCUT2D eigenvalue weighted by Gasteiger charge is 2.24. The van der Waals surface area contributed by atoms with E-state index in [9.17, 15) is 0 Å². The molecule has 1 saturated carbocycles. The molecule has 2 N–H and O–H groups in total. The molecule has 1 fully saturated rings. The zero-order valence-corrected chi connectivity index (χ0v) is 8.92. The van der Waals surface area contributed by atoms with E-state index in [1.165, 1.54) is 0 Å². The Morgan fingerprint density at radius 3 is 2.71 bits per heavy atom. The van der Waals surface area contributed by atoms with Crippen molar-refractivity contribution in [2.45, 2.75) is 31.9 Å². The minimum atomic E-state index is 0.0162. The second-order valence-corrected chi connectivity index (χ2v) is 4.20. The molecule has 76 valence electrons. The number of nitrogens with two attached hydrogens (primary N) is 1. The topological polar surface area (TPSA) is 35.2 Å². The fraction of sp³-hybridized carbons (Fsp3) is 0.455. The summed E-state index contributed by atoms with van der Waals surface area (Å²) < 4.78 is 5.62. The number of ether oxygens (including phenoxy) is 1. The Morgan fingerprint density at radius 1 is 1.50 bits per heavy atom. The number of halogens is 1. The summed E-state index contributed by atoms with van der Waals surface area (Å²) in [4.78, 5) is 0. The highest BCUT2D eigenvalue weighted by Crippen LogP contribution is 2.33. The molecule has 14 heavy (non-hydrogen) atoms. The second-order valence-electron chi connectivity index (χ2n) is 3.80. The maximum absolute atomic E-state index is 6.06. The molecule has 2 rings (SSSR count). The number of hydrogen-bond donors (Lipinski definition) is 1. The minimum absolute atomic E-state index is 0.0162. The lowest BCUT2D eigenvalue weighted by atomic mass is 10.1. The van der Waals surface area contributed by atoms with E-state index in [2.05, 4.69) is 0 Å². The van der Waals surface area contributed by atoms with Gasteiger partial charge in [-0.05, 0) is 37.5 Å². The highest BCUT2D eigenvalue weighted by molar-refractivity contribution is 6.32. The van der Waals surface area contributed by atoms with E-state index < -0.39 is 0 Å². The molecule has 3 heteroatoms. The van der Waals surface area contributed by atoms with E-state index in [0.29, 0.717) is 11.1 Å². The van der Waals surface area contributed by atoms with E-state index in [1.54, 1.807) is 0 Å². The summed E-state index contributed by atoms with van der Waals surface area (Å²) in [5, 5.41) is 0.659. The van der Waals surface area contributed by atoms with Crippen molar-refractivity contribution in [2.24, 2.45) is 5.73 Å². The highest BCUT2D eigenvalue weighted by atomic mass is 35.5. The summed E-state index contributed by atoms with van der Waals surface area (Å²) in [7, 11) is 0. The lowest BCUT2D eigenvalue weighted by molar-refractivity contribution is 0.303. The van der Waals surface area contributed by atoms with Crippen LogP contribution < -0.4 is 10.5 Å². The molecule has 0 radical (unpaired) electrons. The van der Waals surface area contributed by atoms with Gasteiger partial charge in [0.25, 0.3) is 0 Å². The first kappa shape index (κ1) is 9.81. The molecule has 0 aromatic heterocycles. The third kappa shape index (κ3) is 2.20. The Balaban J connectivity index is 2.17. The van der Waals surface area contributed by atoms with Crippen LogP contribution in [0.4, 0.5) is 0 Å². The van der Waals surface area contributed by atoms with E-state index in [1.807, 2.05) is 25.1 Å². The van der Waals surface area contributed by atoms with Crippen LogP contribution in [0, 0.1) is 0 Å². The van der Waals surface area contributed by atoms with Crippen molar-refractivity contribution in [3.8, 4) is 5.75 Å². The average Bonchev–Trinajstić information content (AvgIpc) is 2.92. The van der Waals surface area contributed by atoms with Crippen LogP contribution in [0.25, 0.3) is 0 Å². The monoisotopic (exact) mass is 211 g/mol. The van der Waals surface area contributed by atoms with Gasteiger partial charge in [-0.15, -0.1) is 0 Å². The Labute approximate surface area is 89.0 Å². The standard InChI is InChI=1S/C11H14ClNO/c1-7(13)8-2-5-11(10(12)6-8)14-9-3-4-9/h2,5-7,9H,3-4,13H2,1H3. The van der Waals surface area contributed by atoms with Crippen LogP contribution in [0.5, 0.6) is 5.75 Å². The molecule has 1 aliphatic carbocycles. The minimum Gasteiger partial charge on any atom is -0.489 e. The summed E-state index contributed by atoms with van der Waals surface area (Å²) in [5.74, 6) is 0.776. The largest absolute Gasteiger partial charge is 0.489 e. The van der Waals surface area contributed by atoms with Crippen LogP contribution in [0.3, 0.4) is 0 Å². The van der Waals surface area contributed by atoms with E-state index in [-0.39, 0.29) is 6.04 Å². The van der Waals surface area contributed by atoms with Crippen LogP contribution in [0.1, 0.15) is 31.4 Å². The molecule has 0 spiro atoms. The fourth-order valence-corrected chi connectivity index (χ4v) is 1.49. The van der Waals surface area contributed by atoms with Crippen molar-refractivity contribution in [3.05, 3.63) is 28.8 Å². The van der Waals surface area contributed by atoms with Crippen molar-refractivity contribution in [1.82, 2.24) is 0 Å². The van der Waals surface area contributed by atoms with Crippen LogP contribution in [-0.4, -0.2) is 6.10 Å². The number of benzene rings is 1. The van der Waals surface area contributed by atoms with Gasteiger partial charge < -0.3 is 10.5 Å². The van der Waals surface area contributed by atoms with Gasteiger partial charge in [-0.1, -0.05) is 17.7 Å². The first-order chi connectivity index (χ1) is 6.66. The predicted molar refractivity (Wildman–Crippen MR) is 57.7 cm³/mol. The molecule has 1 atom stereocenters. The summed E-state index contributed by atoms with van der Waals surface area (Å²) in [5.41, 5.74) is 6.79. The lowest BCUT2D eigenvalue weighted by Gasteiger charge is -2.10. The molecule has 1 aromatic rings. The van der Waals surface area contributed by atoms with Crippen LogP contribution in [-0.2, 0) is 0 Å². The van der Waals surface area contributed by atoms with Gasteiger partial charge in [-0.3, -0.25) is 0 Å². The smallest absolute Gasteiger partial charge is 0.138 e. The molecule has 2 nitrogen and oxygen atoms in total. The van der Waals surface area contributed by atoms with Crippen LogP contribution in [0.2, 0.25) is 5.02 Å². The van der Waals surface area contributed by atoms with Gasteiger partial charge >= 0.3 is 0 Å². The van der Waals surface area contributed by atoms with Gasteiger partial charge in [0.15, 0.2) is 0 Å². The molecule has 1 unspecified atom stereocenters. The van der Waals surface area contributed by atoms with Crippen LogP contribution >= 0.6 is 11.6 Å². The molecular formula is C11H14ClNO. The van der Waals surface area contributed by atoms with Crippen molar-refractivity contribution < 1.29 is 4.74 Å². The summed E-state index contributed by atoms with van der Waals surface area (Å²) in [6.07, 6.45) is 2.67. The predicted octanol–water partition coefficient (Wildman–Crippen LogP) is 2.90. The first-order valence-electron chi connectivity index (χ1n) is 4.88. The Morgan fingerprint density at radius 2 is 2.21 bits per heavy atom. The van der Waals surface area contributed by atoms with Crippen molar-refractivity contribution in [2.75, 3.05) is 0 Å². The van der Waals surface area contributed by atoms with Gasteiger partial charge in [-0.2, -0.15) is 0 Å². The maximum Gasteiger partial charge on any atom is 0.138 e. The van der Waals surface area contributed by atoms with E-state index in [0.717, 1.165) is 24.2 Å². The molecule has 0 heterocycles. The molecule has 1 aliphatic rings. The SMILES string of the molecule is CC(N)c1ccc(OC2CC2)c(Cl)c1. The second kappa shape index (κ2) is 3.79. The Bertz CT molecular complexity index is 334. The lowest BCUT2D eigenvalue weighted by Crippen LogP contribution is -2.05. The van der Waals surface area contributed by atoms with Crippen LogP contribution in [0.15, 0.2) is 18.2 Å². The molecule has 0 amide bonds. The molecule has 1 aromatic carbocycles. The molecule has 0 aliphatic heterocycles. The quantitative estimate of drug-likeness (QED) is 0.835. The first-order valence-corrected chi connectivity index (χ1v) is 5.26. The molecule has 0 saturated heterocycles. The van der Waals surface area contributed by atoms with Crippen molar-refractivity contribution in [3.63, 3.8) is 0 Å². The van der Waals surface area contributed by atoms with Gasteiger partial charge in [0, 0.05) is 6.04 Å². The van der Waals surface area contributed by atoms with Gasteiger partial charge in [-0.25, -0.2) is 0 Å². The van der Waals surface area contributed by atoms with Crippen molar-refractivity contribution in [1.29, 1.82) is 0 Å². The average molecular weight is 212 g/mol. The normalized spacial score (nSPS) is 17.9. The Hall–Kier alpha value is -0.730. The zero-order valence-electron chi connectivity index (χ0n) is 8.16. The maximum atomic E-state index is 6.06. The van der Waals surface area contributed by atoms with Gasteiger partial charge in [0.2, 0.25) is 0 Å².